The van der Waals surface area contributed by atoms with Crippen molar-refractivity contribution in [3.63, 3.8) is 0 Å². The first-order chi connectivity index (χ1) is 6.47. The summed E-state index contributed by atoms with van der Waals surface area (Å²) in [6.45, 7) is 0. The molecule has 0 unspecified atom stereocenters. The van der Waals surface area contributed by atoms with Gasteiger partial charge in [0.15, 0.2) is 0 Å². The molecule has 2 rings (SSSR count). The minimum Gasteiger partial charge on any atom is -0.370 e. The molecule has 1 heterocycles. The third-order valence-electron chi connectivity index (χ3n) is 3.41. The van der Waals surface area contributed by atoms with E-state index in [4.69, 9.17) is 4.74 Å². The largest absolute Gasteiger partial charge is 0.370 e. The molecule has 2 fully saturated rings. The summed E-state index contributed by atoms with van der Waals surface area (Å²) in [6.07, 6.45) is 15.5. The lowest BCUT2D eigenvalue weighted by Gasteiger charge is -2.03. The summed E-state index contributed by atoms with van der Waals surface area (Å²) in [5.41, 5.74) is 0. The number of epoxide rings is 1. The molecule has 1 saturated carbocycles. The van der Waals surface area contributed by atoms with Gasteiger partial charge < -0.3 is 4.74 Å². The van der Waals surface area contributed by atoms with Crippen LogP contribution < -0.4 is 0 Å². The molecule has 0 radical (unpaired) electrons. The Bertz CT molecular complexity index is 128. The van der Waals surface area contributed by atoms with Crippen LogP contribution >= 0.6 is 0 Å². The van der Waals surface area contributed by atoms with E-state index in [0.717, 1.165) is 0 Å². The minimum absolute atomic E-state index is 0.666. The van der Waals surface area contributed by atoms with Gasteiger partial charge in [-0.05, 0) is 12.8 Å². The van der Waals surface area contributed by atoms with Crippen molar-refractivity contribution < 1.29 is 4.74 Å². The molecular formula is C12H22O. The Kier molecular flexibility index (Phi) is 3.65. The van der Waals surface area contributed by atoms with Crippen LogP contribution in [-0.2, 0) is 4.74 Å². The van der Waals surface area contributed by atoms with Crippen molar-refractivity contribution in [2.75, 3.05) is 0 Å². The zero-order valence-electron chi connectivity index (χ0n) is 8.63. The van der Waals surface area contributed by atoms with Crippen molar-refractivity contribution in [2.45, 2.75) is 76.4 Å². The molecule has 0 N–H and O–H groups in total. The zero-order chi connectivity index (χ0) is 8.93. The maximum Gasteiger partial charge on any atom is 0.0841 e. The lowest BCUT2D eigenvalue weighted by atomic mass is 10.0. The minimum atomic E-state index is 0.666. The van der Waals surface area contributed by atoms with E-state index in [0.29, 0.717) is 12.2 Å². The van der Waals surface area contributed by atoms with Gasteiger partial charge >= 0.3 is 0 Å². The number of fused-ring (bicyclic) bond motifs is 1. The van der Waals surface area contributed by atoms with Crippen LogP contribution in [0.3, 0.4) is 0 Å². The van der Waals surface area contributed by atoms with E-state index in [1.807, 2.05) is 0 Å². The quantitative estimate of drug-likeness (QED) is 0.521. The van der Waals surface area contributed by atoms with Crippen molar-refractivity contribution in [3.8, 4) is 0 Å². The summed E-state index contributed by atoms with van der Waals surface area (Å²) in [5, 5.41) is 0. The van der Waals surface area contributed by atoms with E-state index < -0.39 is 0 Å². The summed E-state index contributed by atoms with van der Waals surface area (Å²) in [7, 11) is 0. The highest BCUT2D eigenvalue weighted by Crippen LogP contribution is 2.32. The fraction of sp³-hybridized carbons (Fsp3) is 1.00. The molecule has 0 amide bonds. The maximum atomic E-state index is 5.63. The van der Waals surface area contributed by atoms with Gasteiger partial charge in [-0.25, -0.2) is 0 Å². The molecule has 1 nitrogen and oxygen atoms in total. The Morgan fingerprint density at radius 1 is 0.538 bits per heavy atom. The first-order valence-corrected chi connectivity index (χ1v) is 6.12. The molecule has 0 aromatic heterocycles. The summed E-state index contributed by atoms with van der Waals surface area (Å²) >= 11 is 0. The Labute approximate surface area is 81.9 Å². The molecule has 1 aliphatic carbocycles. The lowest BCUT2D eigenvalue weighted by Crippen LogP contribution is -1.95. The monoisotopic (exact) mass is 182 g/mol. The van der Waals surface area contributed by atoms with Crippen molar-refractivity contribution in [2.24, 2.45) is 0 Å². The Morgan fingerprint density at radius 3 is 1.38 bits per heavy atom. The van der Waals surface area contributed by atoms with Crippen LogP contribution in [0, 0.1) is 0 Å². The van der Waals surface area contributed by atoms with Gasteiger partial charge in [0, 0.05) is 0 Å². The van der Waals surface area contributed by atoms with Gasteiger partial charge in [-0.1, -0.05) is 51.4 Å². The highest BCUT2D eigenvalue weighted by molar-refractivity contribution is 4.84. The number of ether oxygens (including phenoxy) is 1. The topological polar surface area (TPSA) is 12.5 Å². The number of hydrogen-bond acceptors (Lipinski definition) is 1. The van der Waals surface area contributed by atoms with Crippen LogP contribution in [0.2, 0.25) is 0 Å². The lowest BCUT2D eigenvalue weighted by molar-refractivity contribution is 0.349. The molecule has 2 atom stereocenters. The highest BCUT2D eigenvalue weighted by Gasteiger charge is 2.36. The average molecular weight is 182 g/mol. The molecular weight excluding hydrogens is 160 g/mol. The van der Waals surface area contributed by atoms with Gasteiger partial charge in [-0.15, -0.1) is 0 Å². The third-order valence-corrected chi connectivity index (χ3v) is 3.41. The van der Waals surface area contributed by atoms with Gasteiger partial charge in [-0.2, -0.15) is 0 Å². The zero-order valence-corrected chi connectivity index (χ0v) is 8.63. The van der Waals surface area contributed by atoms with E-state index >= 15 is 0 Å². The first kappa shape index (κ1) is 9.51. The summed E-state index contributed by atoms with van der Waals surface area (Å²) in [4.78, 5) is 0. The SMILES string of the molecule is C1CCCCC[C@H]2O[C@H]2CCCC1. The average Bonchev–Trinajstić information content (AvgIpc) is 2.83. The fourth-order valence-electron chi connectivity index (χ4n) is 2.44. The number of rotatable bonds is 0. The predicted molar refractivity (Wildman–Crippen MR) is 54.8 cm³/mol. The smallest absolute Gasteiger partial charge is 0.0841 e. The van der Waals surface area contributed by atoms with Crippen LogP contribution in [0.15, 0.2) is 0 Å². The van der Waals surface area contributed by atoms with Crippen molar-refractivity contribution in [1.29, 1.82) is 0 Å². The first-order valence-electron chi connectivity index (χ1n) is 6.12. The van der Waals surface area contributed by atoms with E-state index in [1.165, 1.54) is 64.2 Å². The summed E-state index contributed by atoms with van der Waals surface area (Å²) in [6, 6.07) is 0. The molecule has 2 aliphatic rings. The van der Waals surface area contributed by atoms with E-state index in [1.54, 1.807) is 0 Å². The van der Waals surface area contributed by atoms with Crippen LogP contribution in [0.1, 0.15) is 64.2 Å². The highest BCUT2D eigenvalue weighted by atomic mass is 16.6. The van der Waals surface area contributed by atoms with Crippen molar-refractivity contribution >= 4 is 0 Å². The molecule has 76 valence electrons. The molecule has 13 heavy (non-hydrogen) atoms. The molecule has 1 aliphatic heterocycles. The predicted octanol–water partition coefficient (Wildman–Crippen LogP) is 3.67. The van der Waals surface area contributed by atoms with E-state index in [-0.39, 0.29) is 0 Å². The third kappa shape index (κ3) is 3.30. The molecule has 0 aromatic carbocycles. The van der Waals surface area contributed by atoms with Crippen LogP contribution in [0.5, 0.6) is 0 Å². The second kappa shape index (κ2) is 4.99. The molecule has 0 bridgehead atoms. The van der Waals surface area contributed by atoms with Gasteiger partial charge in [0.1, 0.15) is 0 Å². The van der Waals surface area contributed by atoms with Crippen LogP contribution in [0.4, 0.5) is 0 Å². The Balaban J connectivity index is 1.66. The molecule has 1 heteroatoms. The molecule has 0 spiro atoms. The van der Waals surface area contributed by atoms with Crippen molar-refractivity contribution in [1.82, 2.24) is 0 Å². The molecule has 1 saturated heterocycles. The van der Waals surface area contributed by atoms with Gasteiger partial charge in [0.05, 0.1) is 12.2 Å². The Hall–Kier alpha value is -0.0400. The maximum absolute atomic E-state index is 5.63. The standard InChI is InChI=1S/C12H22O/c1-2-4-6-8-10-12-11(13-12)9-7-5-3-1/h11-12H,1-10H2/t11-,12+. The van der Waals surface area contributed by atoms with Gasteiger partial charge in [0.2, 0.25) is 0 Å². The van der Waals surface area contributed by atoms with E-state index in [2.05, 4.69) is 0 Å². The van der Waals surface area contributed by atoms with Crippen LogP contribution in [-0.4, -0.2) is 12.2 Å². The fourth-order valence-corrected chi connectivity index (χ4v) is 2.44. The van der Waals surface area contributed by atoms with Gasteiger partial charge in [-0.3, -0.25) is 0 Å². The normalized spacial score (nSPS) is 36.9. The van der Waals surface area contributed by atoms with Gasteiger partial charge in [0.25, 0.3) is 0 Å². The Morgan fingerprint density at radius 2 is 0.923 bits per heavy atom. The van der Waals surface area contributed by atoms with E-state index in [9.17, 15) is 0 Å². The molecule has 0 aromatic rings. The summed E-state index contributed by atoms with van der Waals surface area (Å²) in [5.74, 6) is 0. The second-order valence-corrected chi connectivity index (χ2v) is 4.62. The summed E-state index contributed by atoms with van der Waals surface area (Å²) < 4.78 is 5.63. The van der Waals surface area contributed by atoms with Crippen molar-refractivity contribution in [3.05, 3.63) is 0 Å². The van der Waals surface area contributed by atoms with Crippen LogP contribution in [0.25, 0.3) is 0 Å². The number of hydrogen-bond donors (Lipinski definition) is 0. The second-order valence-electron chi connectivity index (χ2n) is 4.62.